The fraction of sp³-hybridized carbons (Fsp3) is 0.333. The van der Waals surface area contributed by atoms with Crippen molar-refractivity contribution in [1.29, 1.82) is 0 Å². The van der Waals surface area contributed by atoms with Crippen molar-refractivity contribution < 1.29 is 9.59 Å². The van der Waals surface area contributed by atoms with Crippen molar-refractivity contribution in [3.63, 3.8) is 0 Å². The molecule has 25 heavy (non-hydrogen) atoms. The number of carbonyl (C=O) groups is 2. The summed E-state index contributed by atoms with van der Waals surface area (Å²) in [6.07, 6.45) is 0.615. The standard InChI is InChI=1S/C21H24N2O2/c1-13-9-10-14(2)19(11-13)23-21(25)18-12-17(18)20(24)22-15(3)16-7-5-4-6-8-16/h4-11,15,17-18H,12H2,1-3H3,(H,22,24)(H,23,25). The van der Waals surface area contributed by atoms with Crippen LogP contribution in [0.1, 0.15) is 36.1 Å². The molecule has 2 aromatic carbocycles. The van der Waals surface area contributed by atoms with Crippen LogP contribution in [-0.2, 0) is 9.59 Å². The van der Waals surface area contributed by atoms with Gasteiger partial charge in [-0.15, -0.1) is 0 Å². The normalized spacial score (nSPS) is 19.8. The fourth-order valence-corrected chi connectivity index (χ4v) is 3.02. The molecule has 0 aliphatic heterocycles. The van der Waals surface area contributed by atoms with Crippen LogP contribution in [0.3, 0.4) is 0 Å². The first-order valence-electron chi connectivity index (χ1n) is 8.69. The summed E-state index contributed by atoms with van der Waals surface area (Å²) in [6.45, 7) is 5.92. The van der Waals surface area contributed by atoms with Crippen LogP contribution in [0, 0.1) is 25.7 Å². The molecule has 2 amide bonds. The van der Waals surface area contributed by atoms with Crippen molar-refractivity contribution in [2.75, 3.05) is 5.32 Å². The topological polar surface area (TPSA) is 58.2 Å². The third kappa shape index (κ3) is 4.08. The Kier molecular flexibility index (Phi) is 4.88. The first-order chi connectivity index (χ1) is 12.0. The fourth-order valence-electron chi connectivity index (χ4n) is 3.02. The summed E-state index contributed by atoms with van der Waals surface area (Å²) in [6, 6.07) is 15.7. The van der Waals surface area contributed by atoms with Gasteiger partial charge in [0.05, 0.1) is 17.9 Å². The molecule has 0 heterocycles. The van der Waals surface area contributed by atoms with E-state index in [0.29, 0.717) is 6.42 Å². The SMILES string of the molecule is Cc1ccc(C)c(NC(=O)C2CC2C(=O)NC(C)c2ccccc2)c1. The van der Waals surface area contributed by atoms with E-state index in [4.69, 9.17) is 0 Å². The zero-order valence-corrected chi connectivity index (χ0v) is 14.9. The minimum Gasteiger partial charge on any atom is -0.349 e. The molecule has 1 fully saturated rings. The second-order valence-corrected chi connectivity index (χ2v) is 6.90. The molecule has 3 rings (SSSR count). The third-order valence-electron chi connectivity index (χ3n) is 4.77. The van der Waals surface area contributed by atoms with Gasteiger partial charge in [-0.3, -0.25) is 9.59 Å². The van der Waals surface area contributed by atoms with Crippen LogP contribution >= 0.6 is 0 Å². The Morgan fingerprint density at radius 2 is 1.68 bits per heavy atom. The maximum absolute atomic E-state index is 12.4. The lowest BCUT2D eigenvalue weighted by Gasteiger charge is -2.14. The van der Waals surface area contributed by atoms with Gasteiger partial charge in [-0.1, -0.05) is 42.5 Å². The molecule has 1 saturated carbocycles. The van der Waals surface area contributed by atoms with Gasteiger partial charge < -0.3 is 10.6 Å². The van der Waals surface area contributed by atoms with Crippen LogP contribution in [0.2, 0.25) is 0 Å². The Morgan fingerprint density at radius 1 is 1.00 bits per heavy atom. The second-order valence-electron chi connectivity index (χ2n) is 6.90. The van der Waals surface area contributed by atoms with E-state index in [1.165, 1.54) is 0 Å². The Labute approximate surface area is 148 Å². The summed E-state index contributed by atoms with van der Waals surface area (Å²) in [5, 5.41) is 5.97. The van der Waals surface area contributed by atoms with Crippen molar-refractivity contribution in [3.8, 4) is 0 Å². The van der Waals surface area contributed by atoms with Gasteiger partial charge in [0.1, 0.15) is 0 Å². The highest BCUT2D eigenvalue weighted by molar-refractivity contribution is 6.00. The molecule has 1 aliphatic carbocycles. The molecule has 130 valence electrons. The number of aryl methyl sites for hydroxylation is 2. The smallest absolute Gasteiger partial charge is 0.228 e. The number of benzene rings is 2. The van der Waals surface area contributed by atoms with Gasteiger partial charge in [0.2, 0.25) is 11.8 Å². The van der Waals surface area contributed by atoms with E-state index in [0.717, 1.165) is 22.4 Å². The number of rotatable bonds is 5. The lowest BCUT2D eigenvalue weighted by Crippen LogP contribution is -2.29. The largest absolute Gasteiger partial charge is 0.349 e. The van der Waals surface area contributed by atoms with Gasteiger partial charge in [0.25, 0.3) is 0 Å². The maximum Gasteiger partial charge on any atom is 0.228 e. The van der Waals surface area contributed by atoms with Crippen molar-refractivity contribution in [1.82, 2.24) is 5.32 Å². The van der Waals surface area contributed by atoms with Crippen LogP contribution in [0.25, 0.3) is 0 Å². The van der Waals surface area contributed by atoms with E-state index < -0.39 is 0 Å². The molecular formula is C21H24N2O2. The molecule has 4 heteroatoms. The van der Waals surface area contributed by atoms with Crippen molar-refractivity contribution in [2.45, 2.75) is 33.2 Å². The molecular weight excluding hydrogens is 312 g/mol. The second kappa shape index (κ2) is 7.09. The van der Waals surface area contributed by atoms with Crippen molar-refractivity contribution >= 4 is 17.5 Å². The molecule has 0 radical (unpaired) electrons. The quantitative estimate of drug-likeness (QED) is 0.873. The Balaban J connectivity index is 1.55. The lowest BCUT2D eigenvalue weighted by molar-refractivity contribution is -0.125. The maximum atomic E-state index is 12.4. The highest BCUT2D eigenvalue weighted by Gasteiger charge is 2.48. The molecule has 0 saturated heterocycles. The van der Waals surface area contributed by atoms with Gasteiger partial charge in [-0.25, -0.2) is 0 Å². The van der Waals surface area contributed by atoms with Gasteiger partial charge in [0, 0.05) is 5.69 Å². The molecule has 0 aromatic heterocycles. The monoisotopic (exact) mass is 336 g/mol. The molecule has 2 N–H and O–H groups in total. The molecule has 4 nitrogen and oxygen atoms in total. The Morgan fingerprint density at radius 3 is 2.40 bits per heavy atom. The highest BCUT2D eigenvalue weighted by atomic mass is 16.2. The van der Waals surface area contributed by atoms with Gasteiger partial charge in [-0.05, 0) is 49.9 Å². The summed E-state index contributed by atoms with van der Waals surface area (Å²) in [4.78, 5) is 24.8. The van der Waals surface area contributed by atoms with Crippen LogP contribution in [0.4, 0.5) is 5.69 Å². The summed E-state index contributed by atoms with van der Waals surface area (Å²) in [5.74, 6) is -0.571. The van der Waals surface area contributed by atoms with Crippen LogP contribution in [0.5, 0.6) is 0 Å². The first kappa shape index (κ1) is 17.2. The van der Waals surface area contributed by atoms with Gasteiger partial charge in [0.15, 0.2) is 0 Å². The molecule has 0 spiro atoms. The summed E-state index contributed by atoms with van der Waals surface area (Å²) < 4.78 is 0. The number of amides is 2. The predicted octanol–water partition coefficient (Wildman–Crippen LogP) is 3.76. The molecule has 0 bridgehead atoms. The van der Waals surface area contributed by atoms with E-state index in [1.807, 2.05) is 69.3 Å². The average molecular weight is 336 g/mol. The zero-order valence-electron chi connectivity index (χ0n) is 14.9. The van der Waals surface area contributed by atoms with E-state index in [2.05, 4.69) is 10.6 Å². The number of carbonyl (C=O) groups excluding carboxylic acids is 2. The minimum atomic E-state index is -0.233. The minimum absolute atomic E-state index is 0.0440. The predicted molar refractivity (Wildman–Crippen MR) is 99.1 cm³/mol. The number of anilines is 1. The summed E-state index contributed by atoms with van der Waals surface area (Å²) >= 11 is 0. The Bertz CT molecular complexity index is 786. The molecule has 3 atom stereocenters. The summed E-state index contributed by atoms with van der Waals surface area (Å²) in [7, 11) is 0. The average Bonchev–Trinajstić information content (AvgIpc) is 3.40. The molecule has 2 aromatic rings. The van der Waals surface area contributed by atoms with E-state index >= 15 is 0 Å². The van der Waals surface area contributed by atoms with Crippen molar-refractivity contribution in [2.24, 2.45) is 11.8 Å². The zero-order chi connectivity index (χ0) is 18.0. The van der Waals surface area contributed by atoms with Crippen LogP contribution in [0.15, 0.2) is 48.5 Å². The third-order valence-corrected chi connectivity index (χ3v) is 4.77. The van der Waals surface area contributed by atoms with E-state index in [9.17, 15) is 9.59 Å². The van der Waals surface area contributed by atoms with Gasteiger partial charge in [-0.2, -0.15) is 0 Å². The summed E-state index contributed by atoms with van der Waals surface area (Å²) in [5.41, 5.74) is 4.02. The lowest BCUT2D eigenvalue weighted by atomic mass is 10.1. The first-order valence-corrected chi connectivity index (χ1v) is 8.69. The number of hydrogen-bond donors (Lipinski definition) is 2. The highest BCUT2D eigenvalue weighted by Crippen LogP contribution is 2.40. The number of nitrogens with one attached hydrogen (secondary N) is 2. The molecule has 1 aliphatic rings. The molecule has 3 unspecified atom stereocenters. The van der Waals surface area contributed by atoms with Crippen molar-refractivity contribution in [3.05, 3.63) is 65.2 Å². The van der Waals surface area contributed by atoms with E-state index in [-0.39, 0.29) is 29.7 Å². The van der Waals surface area contributed by atoms with E-state index in [1.54, 1.807) is 0 Å². The van der Waals surface area contributed by atoms with Gasteiger partial charge >= 0.3 is 0 Å². The Hall–Kier alpha value is -2.62. The van der Waals surface area contributed by atoms with Crippen LogP contribution < -0.4 is 10.6 Å². The van der Waals surface area contributed by atoms with Crippen LogP contribution in [-0.4, -0.2) is 11.8 Å². The number of hydrogen-bond acceptors (Lipinski definition) is 2.